The van der Waals surface area contributed by atoms with E-state index in [-0.39, 0.29) is 16.3 Å². The highest BCUT2D eigenvalue weighted by atomic mass is 32.2. The van der Waals surface area contributed by atoms with Gasteiger partial charge in [-0.05, 0) is 36.8 Å². The summed E-state index contributed by atoms with van der Waals surface area (Å²) < 4.78 is 26.8. The van der Waals surface area contributed by atoms with Crippen molar-refractivity contribution in [1.29, 1.82) is 0 Å². The van der Waals surface area contributed by atoms with Crippen molar-refractivity contribution in [2.45, 2.75) is 17.7 Å². The Balaban J connectivity index is 2.12. The second-order valence-corrected chi connectivity index (χ2v) is 7.48. The average molecular weight is 311 g/mol. The Labute approximate surface area is 120 Å². The van der Waals surface area contributed by atoms with Gasteiger partial charge in [-0.25, -0.2) is 17.9 Å². The van der Waals surface area contributed by atoms with Crippen molar-refractivity contribution < 1.29 is 18.3 Å². The zero-order valence-corrected chi connectivity index (χ0v) is 12.3. The Hall–Kier alpha value is -1.70. The first-order valence-electron chi connectivity index (χ1n) is 5.77. The number of rotatable bonds is 5. The zero-order chi connectivity index (χ0) is 14.8. The van der Waals surface area contributed by atoms with Crippen LogP contribution in [0.25, 0.3) is 0 Å². The Morgan fingerprint density at radius 3 is 2.65 bits per heavy atom. The molecule has 0 bridgehead atoms. The minimum absolute atomic E-state index is 0.0560. The SMILES string of the molecule is Cc1ccc(S(=O)(=O)NCc2cccc(C(=O)O)c2)s1. The molecule has 2 rings (SSSR count). The van der Waals surface area contributed by atoms with Gasteiger partial charge in [0.15, 0.2) is 0 Å². The average Bonchev–Trinajstić information content (AvgIpc) is 2.84. The third-order valence-electron chi connectivity index (χ3n) is 2.62. The zero-order valence-electron chi connectivity index (χ0n) is 10.7. The number of nitrogens with one attached hydrogen (secondary N) is 1. The molecule has 0 atom stereocenters. The molecule has 0 unspecified atom stereocenters. The summed E-state index contributed by atoms with van der Waals surface area (Å²) in [6.07, 6.45) is 0. The summed E-state index contributed by atoms with van der Waals surface area (Å²) in [4.78, 5) is 11.8. The van der Waals surface area contributed by atoms with Gasteiger partial charge in [0.1, 0.15) is 4.21 Å². The van der Waals surface area contributed by atoms with Gasteiger partial charge in [0, 0.05) is 11.4 Å². The van der Waals surface area contributed by atoms with E-state index in [1.807, 2.05) is 6.92 Å². The van der Waals surface area contributed by atoms with Crippen LogP contribution >= 0.6 is 11.3 Å². The fraction of sp³-hybridized carbons (Fsp3) is 0.154. The standard InChI is InChI=1S/C13H13NO4S2/c1-9-5-6-12(19-9)20(17,18)14-8-10-3-2-4-11(7-10)13(15)16/h2-7,14H,8H2,1H3,(H,15,16). The van der Waals surface area contributed by atoms with Gasteiger partial charge >= 0.3 is 5.97 Å². The molecule has 0 aliphatic heterocycles. The summed E-state index contributed by atoms with van der Waals surface area (Å²) in [5, 5.41) is 8.88. The minimum Gasteiger partial charge on any atom is -0.478 e. The van der Waals surface area contributed by atoms with Crippen LogP contribution in [0.1, 0.15) is 20.8 Å². The van der Waals surface area contributed by atoms with Crippen molar-refractivity contribution in [3.8, 4) is 0 Å². The molecule has 106 valence electrons. The van der Waals surface area contributed by atoms with Gasteiger partial charge in [-0.2, -0.15) is 0 Å². The van der Waals surface area contributed by atoms with Crippen molar-refractivity contribution >= 4 is 27.3 Å². The van der Waals surface area contributed by atoms with Gasteiger partial charge < -0.3 is 5.11 Å². The van der Waals surface area contributed by atoms with E-state index in [1.165, 1.54) is 23.5 Å². The molecular formula is C13H13NO4S2. The van der Waals surface area contributed by atoms with E-state index in [9.17, 15) is 13.2 Å². The first-order valence-corrected chi connectivity index (χ1v) is 8.07. The van der Waals surface area contributed by atoms with E-state index in [0.717, 1.165) is 4.88 Å². The number of carbonyl (C=O) groups is 1. The van der Waals surface area contributed by atoms with Gasteiger partial charge in [-0.15, -0.1) is 11.3 Å². The molecule has 0 aliphatic rings. The van der Waals surface area contributed by atoms with E-state index in [2.05, 4.69) is 4.72 Å². The maximum absolute atomic E-state index is 12.0. The molecule has 0 radical (unpaired) electrons. The molecule has 1 aromatic heterocycles. The van der Waals surface area contributed by atoms with Crippen LogP contribution in [0.2, 0.25) is 0 Å². The summed E-state index contributed by atoms with van der Waals surface area (Å²) in [5.74, 6) is -1.04. The molecule has 0 aliphatic carbocycles. The normalized spacial score (nSPS) is 11.4. The Bertz CT molecular complexity index is 734. The number of hydrogen-bond donors (Lipinski definition) is 2. The van der Waals surface area contributed by atoms with Gasteiger partial charge in [0.05, 0.1) is 5.56 Å². The lowest BCUT2D eigenvalue weighted by atomic mass is 10.1. The molecule has 0 fully saturated rings. The molecule has 1 heterocycles. The smallest absolute Gasteiger partial charge is 0.335 e. The highest BCUT2D eigenvalue weighted by Crippen LogP contribution is 2.20. The molecule has 0 spiro atoms. The van der Waals surface area contributed by atoms with Crippen molar-refractivity contribution in [2.75, 3.05) is 0 Å². The maximum atomic E-state index is 12.0. The topological polar surface area (TPSA) is 83.5 Å². The van der Waals surface area contributed by atoms with Crippen LogP contribution in [-0.4, -0.2) is 19.5 Å². The van der Waals surface area contributed by atoms with Gasteiger partial charge in [-0.1, -0.05) is 12.1 Å². The van der Waals surface area contributed by atoms with Crippen LogP contribution in [0, 0.1) is 6.92 Å². The van der Waals surface area contributed by atoms with E-state index in [4.69, 9.17) is 5.11 Å². The molecule has 0 amide bonds. The predicted octanol–water partition coefficient (Wildman–Crippen LogP) is 2.23. The number of carboxylic acid groups (broad SMARTS) is 1. The molecule has 0 saturated carbocycles. The van der Waals surface area contributed by atoms with E-state index in [1.54, 1.807) is 24.3 Å². The van der Waals surface area contributed by atoms with Crippen LogP contribution in [0.3, 0.4) is 0 Å². The van der Waals surface area contributed by atoms with Gasteiger partial charge in [0.25, 0.3) is 0 Å². The maximum Gasteiger partial charge on any atom is 0.335 e. The highest BCUT2D eigenvalue weighted by Gasteiger charge is 2.15. The number of hydrogen-bond acceptors (Lipinski definition) is 4. The Morgan fingerprint density at radius 2 is 2.05 bits per heavy atom. The molecule has 7 heteroatoms. The summed E-state index contributed by atoms with van der Waals surface area (Å²) in [6.45, 7) is 1.89. The number of aromatic carboxylic acids is 1. The van der Waals surface area contributed by atoms with Crippen LogP contribution in [-0.2, 0) is 16.6 Å². The summed E-state index contributed by atoms with van der Waals surface area (Å²) in [5.41, 5.74) is 0.732. The van der Waals surface area contributed by atoms with Crippen molar-refractivity contribution in [1.82, 2.24) is 4.72 Å². The fourth-order valence-corrected chi connectivity index (χ4v) is 3.97. The Kier molecular flexibility index (Phi) is 4.22. The summed E-state index contributed by atoms with van der Waals surface area (Å²) >= 11 is 1.19. The van der Waals surface area contributed by atoms with E-state index in [0.29, 0.717) is 5.56 Å². The molecule has 5 nitrogen and oxygen atoms in total. The van der Waals surface area contributed by atoms with E-state index < -0.39 is 16.0 Å². The van der Waals surface area contributed by atoms with Crippen molar-refractivity contribution in [3.63, 3.8) is 0 Å². The second-order valence-electron chi connectivity index (χ2n) is 4.20. The van der Waals surface area contributed by atoms with Crippen molar-refractivity contribution in [2.24, 2.45) is 0 Å². The predicted molar refractivity (Wildman–Crippen MR) is 76.5 cm³/mol. The molecule has 2 aromatic rings. The number of thiophene rings is 1. The molecule has 1 aromatic carbocycles. The summed E-state index contributed by atoms with van der Waals surface area (Å²) in [7, 11) is -3.55. The highest BCUT2D eigenvalue weighted by molar-refractivity contribution is 7.91. The number of carboxylic acids is 1. The van der Waals surface area contributed by atoms with Crippen LogP contribution < -0.4 is 4.72 Å². The minimum atomic E-state index is -3.55. The molecule has 2 N–H and O–H groups in total. The fourth-order valence-electron chi connectivity index (χ4n) is 1.62. The quantitative estimate of drug-likeness (QED) is 0.887. The van der Waals surface area contributed by atoms with Crippen LogP contribution in [0.4, 0.5) is 0 Å². The third kappa shape index (κ3) is 3.44. The van der Waals surface area contributed by atoms with Crippen molar-refractivity contribution in [3.05, 3.63) is 52.4 Å². The first-order chi connectivity index (χ1) is 9.38. The molecule has 0 saturated heterocycles. The number of benzene rings is 1. The number of aryl methyl sites for hydroxylation is 1. The lowest BCUT2D eigenvalue weighted by Gasteiger charge is -2.05. The Morgan fingerprint density at radius 1 is 1.30 bits per heavy atom. The first kappa shape index (κ1) is 14.7. The van der Waals surface area contributed by atoms with Crippen LogP contribution in [0.15, 0.2) is 40.6 Å². The van der Waals surface area contributed by atoms with Gasteiger partial charge in [-0.3, -0.25) is 0 Å². The lowest BCUT2D eigenvalue weighted by molar-refractivity contribution is 0.0696. The van der Waals surface area contributed by atoms with Crippen LogP contribution in [0.5, 0.6) is 0 Å². The summed E-state index contributed by atoms with van der Waals surface area (Å²) in [6, 6.07) is 9.46. The molecular weight excluding hydrogens is 298 g/mol. The second kappa shape index (κ2) is 5.74. The largest absolute Gasteiger partial charge is 0.478 e. The van der Waals surface area contributed by atoms with Gasteiger partial charge in [0.2, 0.25) is 10.0 Å². The number of sulfonamides is 1. The third-order valence-corrected chi connectivity index (χ3v) is 5.51. The molecule has 20 heavy (non-hydrogen) atoms. The lowest BCUT2D eigenvalue weighted by Crippen LogP contribution is -2.22. The monoisotopic (exact) mass is 311 g/mol. The van der Waals surface area contributed by atoms with E-state index >= 15 is 0 Å².